The van der Waals surface area contributed by atoms with Crippen LogP contribution in [0.5, 0.6) is 0 Å². The quantitative estimate of drug-likeness (QED) is 0.800. The number of hydrogen-bond acceptors (Lipinski definition) is 4. The van der Waals surface area contributed by atoms with Crippen molar-refractivity contribution in [2.45, 2.75) is 32.1 Å². The van der Waals surface area contributed by atoms with E-state index in [9.17, 15) is 4.79 Å². The van der Waals surface area contributed by atoms with Gasteiger partial charge in [-0.05, 0) is 20.8 Å². The molecule has 0 aromatic carbocycles. The molecule has 17 heavy (non-hydrogen) atoms. The van der Waals surface area contributed by atoms with Crippen molar-refractivity contribution in [1.29, 1.82) is 0 Å². The monoisotopic (exact) mass is 276 g/mol. The average molecular weight is 276 g/mol. The maximum atomic E-state index is 12.0. The minimum atomic E-state index is -0.0533. The Labute approximate surface area is 113 Å². The van der Waals surface area contributed by atoms with Crippen molar-refractivity contribution in [3.8, 4) is 0 Å². The number of hydrogen-bond donors (Lipinski definition) is 1. The zero-order chi connectivity index (χ0) is 12.7. The van der Waals surface area contributed by atoms with Gasteiger partial charge in [-0.2, -0.15) is 23.5 Å². The SMILES string of the molecule is CCN(CC)C(=O)C(C)NCC1CSCCS1. The van der Waals surface area contributed by atoms with Crippen LogP contribution >= 0.6 is 23.5 Å². The third-order valence-corrected chi connectivity index (χ3v) is 5.83. The molecule has 2 unspecified atom stereocenters. The first-order chi connectivity index (χ1) is 8.19. The van der Waals surface area contributed by atoms with E-state index in [4.69, 9.17) is 0 Å². The normalized spacial score (nSPS) is 22.2. The molecule has 0 aromatic heterocycles. The van der Waals surface area contributed by atoms with Crippen LogP contribution in [0.4, 0.5) is 0 Å². The standard InChI is InChI=1S/C12H24N2OS2/c1-4-14(5-2)12(15)10(3)13-8-11-9-16-6-7-17-11/h10-11,13H,4-9H2,1-3H3. The summed E-state index contributed by atoms with van der Waals surface area (Å²) in [6.45, 7) is 8.58. The molecule has 0 spiro atoms. The summed E-state index contributed by atoms with van der Waals surface area (Å²) in [5, 5.41) is 4.04. The van der Waals surface area contributed by atoms with Gasteiger partial charge in [0.2, 0.25) is 5.91 Å². The first-order valence-electron chi connectivity index (χ1n) is 6.40. The molecule has 3 nitrogen and oxygen atoms in total. The number of nitrogens with one attached hydrogen (secondary N) is 1. The van der Waals surface area contributed by atoms with Crippen LogP contribution < -0.4 is 5.32 Å². The molecule has 1 aliphatic heterocycles. The van der Waals surface area contributed by atoms with E-state index in [1.54, 1.807) is 0 Å². The van der Waals surface area contributed by atoms with Crippen LogP contribution in [0.2, 0.25) is 0 Å². The summed E-state index contributed by atoms with van der Waals surface area (Å²) in [4.78, 5) is 13.9. The molecule has 1 aliphatic rings. The summed E-state index contributed by atoms with van der Waals surface area (Å²) < 4.78 is 0. The summed E-state index contributed by atoms with van der Waals surface area (Å²) in [7, 11) is 0. The second kappa shape index (κ2) is 8.27. The number of rotatable bonds is 6. The minimum Gasteiger partial charge on any atom is -0.342 e. The van der Waals surface area contributed by atoms with E-state index in [0.717, 1.165) is 19.6 Å². The van der Waals surface area contributed by atoms with E-state index in [1.807, 2.05) is 49.2 Å². The molecule has 0 saturated carbocycles. The highest BCUT2D eigenvalue weighted by Crippen LogP contribution is 2.23. The van der Waals surface area contributed by atoms with Crippen molar-refractivity contribution >= 4 is 29.4 Å². The van der Waals surface area contributed by atoms with Crippen LogP contribution in [0.1, 0.15) is 20.8 Å². The Morgan fingerprint density at radius 3 is 2.65 bits per heavy atom. The average Bonchev–Trinajstić information content (AvgIpc) is 2.38. The van der Waals surface area contributed by atoms with Crippen molar-refractivity contribution < 1.29 is 4.79 Å². The van der Waals surface area contributed by atoms with Gasteiger partial charge in [-0.15, -0.1) is 0 Å². The van der Waals surface area contributed by atoms with Crippen molar-refractivity contribution in [2.24, 2.45) is 0 Å². The lowest BCUT2D eigenvalue weighted by Gasteiger charge is -2.26. The molecule has 1 saturated heterocycles. The van der Waals surface area contributed by atoms with E-state index in [1.165, 1.54) is 17.3 Å². The van der Waals surface area contributed by atoms with Crippen molar-refractivity contribution in [2.75, 3.05) is 36.9 Å². The van der Waals surface area contributed by atoms with Crippen LogP contribution in [-0.4, -0.2) is 59.0 Å². The number of carbonyl (C=O) groups is 1. The Kier molecular flexibility index (Phi) is 7.39. The Morgan fingerprint density at radius 1 is 1.41 bits per heavy atom. The lowest BCUT2D eigenvalue weighted by Crippen LogP contribution is -2.46. The number of likely N-dealkylation sites (N-methyl/N-ethyl adjacent to an activating group) is 1. The van der Waals surface area contributed by atoms with E-state index in [0.29, 0.717) is 5.25 Å². The van der Waals surface area contributed by atoms with Crippen molar-refractivity contribution in [3.05, 3.63) is 0 Å². The molecule has 0 radical (unpaired) electrons. The van der Waals surface area contributed by atoms with E-state index in [-0.39, 0.29) is 11.9 Å². The molecule has 1 amide bonds. The predicted molar refractivity (Wildman–Crippen MR) is 79.0 cm³/mol. The number of nitrogens with zero attached hydrogens (tertiary/aromatic N) is 1. The molecule has 1 heterocycles. The predicted octanol–water partition coefficient (Wildman–Crippen LogP) is 1.68. The van der Waals surface area contributed by atoms with Gasteiger partial charge in [-0.1, -0.05) is 0 Å². The van der Waals surface area contributed by atoms with Crippen LogP contribution in [0.25, 0.3) is 0 Å². The second-order valence-electron chi connectivity index (χ2n) is 4.21. The summed E-state index contributed by atoms with van der Waals surface area (Å²) >= 11 is 4.05. The zero-order valence-electron chi connectivity index (χ0n) is 11.1. The van der Waals surface area contributed by atoms with E-state index >= 15 is 0 Å². The van der Waals surface area contributed by atoms with E-state index in [2.05, 4.69) is 5.32 Å². The lowest BCUT2D eigenvalue weighted by molar-refractivity contribution is -0.132. The molecule has 2 atom stereocenters. The first kappa shape index (κ1) is 15.2. The van der Waals surface area contributed by atoms with Gasteiger partial charge in [0.15, 0.2) is 0 Å². The minimum absolute atomic E-state index is 0.0533. The maximum absolute atomic E-state index is 12.0. The van der Waals surface area contributed by atoms with Crippen molar-refractivity contribution in [1.82, 2.24) is 10.2 Å². The molecule has 0 bridgehead atoms. The largest absolute Gasteiger partial charge is 0.342 e. The fourth-order valence-corrected chi connectivity index (χ4v) is 4.48. The van der Waals surface area contributed by atoms with Gasteiger partial charge in [0.1, 0.15) is 0 Å². The first-order valence-corrected chi connectivity index (χ1v) is 8.60. The lowest BCUT2D eigenvalue weighted by atomic mass is 10.2. The number of amides is 1. The topological polar surface area (TPSA) is 32.3 Å². The van der Waals surface area contributed by atoms with Crippen LogP contribution in [0.15, 0.2) is 0 Å². The summed E-state index contributed by atoms with van der Waals surface area (Å²) in [6.07, 6.45) is 0. The number of carbonyl (C=O) groups excluding carboxylic acids is 1. The zero-order valence-corrected chi connectivity index (χ0v) is 12.7. The Hall–Kier alpha value is 0.130. The van der Waals surface area contributed by atoms with E-state index < -0.39 is 0 Å². The second-order valence-corrected chi connectivity index (χ2v) is 6.77. The molecule has 5 heteroatoms. The third kappa shape index (κ3) is 5.10. The molecule has 0 aliphatic carbocycles. The van der Waals surface area contributed by atoms with Gasteiger partial charge in [-0.3, -0.25) is 4.79 Å². The fraction of sp³-hybridized carbons (Fsp3) is 0.917. The van der Waals surface area contributed by atoms with Gasteiger partial charge >= 0.3 is 0 Å². The van der Waals surface area contributed by atoms with Gasteiger partial charge in [0, 0.05) is 42.1 Å². The summed E-state index contributed by atoms with van der Waals surface area (Å²) in [5.41, 5.74) is 0. The summed E-state index contributed by atoms with van der Waals surface area (Å²) in [6, 6.07) is -0.0533. The Balaban J connectivity index is 2.27. The smallest absolute Gasteiger partial charge is 0.239 e. The van der Waals surface area contributed by atoms with Crippen LogP contribution in [0.3, 0.4) is 0 Å². The molecule has 100 valence electrons. The molecule has 1 N–H and O–H groups in total. The van der Waals surface area contributed by atoms with Gasteiger partial charge in [-0.25, -0.2) is 0 Å². The highest BCUT2D eigenvalue weighted by atomic mass is 32.2. The Bertz CT molecular complexity index is 229. The van der Waals surface area contributed by atoms with Crippen LogP contribution in [-0.2, 0) is 4.79 Å². The highest BCUT2D eigenvalue weighted by Gasteiger charge is 2.20. The van der Waals surface area contributed by atoms with Gasteiger partial charge in [0.25, 0.3) is 0 Å². The fourth-order valence-electron chi connectivity index (χ4n) is 1.86. The third-order valence-electron chi connectivity index (χ3n) is 2.98. The van der Waals surface area contributed by atoms with Gasteiger partial charge < -0.3 is 10.2 Å². The van der Waals surface area contributed by atoms with Gasteiger partial charge in [0.05, 0.1) is 6.04 Å². The van der Waals surface area contributed by atoms with Crippen LogP contribution in [0, 0.1) is 0 Å². The maximum Gasteiger partial charge on any atom is 0.239 e. The molecule has 0 aromatic rings. The highest BCUT2D eigenvalue weighted by molar-refractivity contribution is 8.06. The molecule has 1 fully saturated rings. The molecule has 1 rings (SSSR count). The Morgan fingerprint density at radius 2 is 2.12 bits per heavy atom. The number of thioether (sulfide) groups is 2. The van der Waals surface area contributed by atoms with Crippen molar-refractivity contribution in [3.63, 3.8) is 0 Å². The molecular formula is C12H24N2OS2. The molecular weight excluding hydrogens is 252 g/mol. The summed E-state index contributed by atoms with van der Waals surface area (Å²) in [5.74, 6) is 3.96.